The number of anilines is 1. The number of nitrogens with zero attached hydrogens (tertiary/aromatic N) is 5. The molecule has 4 aliphatic rings. The molecule has 7 nitrogen and oxygen atoms in total. The second kappa shape index (κ2) is 7.91. The lowest BCUT2D eigenvalue weighted by atomic mass is 9.37. The Balaban J connectivity index is 1.38. The van der Waals surface area contributed by atoms with Crippen molar-refractivity contribution in [3.05, 3.63) is 52.0 Å². The Labute approximate surface area is 213 Å². The molecule has 1 unspecified atom stereocenters. The fourth-order valence-electron chi connectivity index (χ4n) is 6.58. The van der Waals surface area contributed by atoms with Crippen molar-refractivity contribution < 1.29 is 18.0 Å². The number of amides is 1. The Bertz CT molecular complexity index is 1420. The number of hydrogen-bond donors (Lipinski definition) is 1. The highest BCUT2D eigenvalue weighted by Gasteiger charge is 2.68. The van der Waals surface area contributed by atoms with E-state index in [9.17, 15) is 18.0 Å². The van der Waals surface area contributed by atoms with Crippen molar-refractivity contribution in [2.75, 3.05) is 5.32 Å². The second-order valence-electron chi connectivity index (χ2n) is 11.4. The third-order valence-corrected chi connectivity index (χ3v) is 9.04. The van der Waals surface area contributed by atoms with Crippen LogP contribution in [0.2, 0.25) is 0 Å². The molecule has 2 atom stereocenters. The molecule has 196 valence electrons. The normalized spacial score (nSPS) is 25.2. The molecule has 0 spiro atoms. The average Bonchev–Trinajstić information content (AvgIpc) is 3.42. The molecule has 3 heterocycles. The van der Waals surface area contributed by atoms with Crippen molar-refractivity contribution >= 4 is 17.5 Å². The highest BCUT2D eigenvalue weighted by Crippen LogP contribution is 2.69. The fourth-order valence-corrected chi connectivity index (χ4v) is 6.58. The summed E-state index contributed by atoms with van der Waals surface area (Å²) in [6, 6.07) is 3.79. The van der Waals surface area contributed by atoms with Crippen LogP contribution in [0.4, 0.5) is 19.0 Å². The number of alkyl halides is 3. The van der Waals surface area contributed by atoms with Gasteiger partial charge >= 0.3 is 6.18 Å². The molecule has 10 heteroatoms. The number of aromatic nitrogens is 4. The zero-order chi connectivity index (χ0) is 26.4. The highest BCUT2D eigenvalue weighted by molar-refractivity contribution is 5.87. The zero-order valence-electron chi connectivity index (χ0n) is 21.6. The molecular weight excluding hydrogens is 481 g/mol. The van der Waals surface area contributed by atoms with Crippen LogP contribution in [0.3, 0.4) is 0 Å². The van der Waals surface area contributed by atoms with E-state index in [0.29, 0.717) is 42.1 Å². The van der Waals surface area contributed by atoms with E-state index in [1.165, 1.54) is 13.0 Å². The van der Waals surface area contributed by atoms with Gasteiger partial charge in [0.1, 0.15) is 11.6 Å². The summed E-state index contributed by atoms with van der Waals surface area (Å²) in [4.78, 5) is 20.3. The predicted octanol–water partition coefficient (Wildman–Crippen LogP) is 5.64. The Kier molecular flexibility index (Phi) is 5.17. The van der Waals surface area contributed by atoms with E-state index in [4.69, 9.17) is 4.98 Å². The van der Waals surface area contributed by atoms with Gasteiger partial charge in [-0.25, -0.2) is 0 Å². The van der Waals surface area contributed by atoms with Gasteiger partial charge in [-0.05, 0) is 55.7 Å². The van der Waals surface area contributed by atoms with Crippen LogP contribution in [0.25, 0.3) is 5.78 Å². The maximum absolute atomic E-state index is 13.6. The predicted molar refractivity (Wildman–Crippen MR) is 132 cm³/mol. The standard InChI is InChI=1S/C27H31F3N6O/c1-13(2)23-33-34-25-32-22(31-16(5)18-7-6-8-20(14(18)3)27(28,29)30)19-11-35(12-21(19)36(23)25)24(37)26-9-17(10-26)15(26)4/h6-8,13,15-17H,9-12H2,1-5H3,(H,31,32,34)/t15-,16?,17?,26?/m0/s1. The SMILES string of the molecule is Cc1c(C(C)Nc2nc3nnc(C(C)C)n3c3c2CN(C(=O)C24CC(C2)[C@@H]4C)C3)cccc1C(F)(F)F. The molecule has 0 saturated heterocycles. The molecule has 1 amide bonds. The number of carbonyl (C=O) groups is 1. The number of benzene rings is 1. The van der Waals surface area contributed by atoms with Crippen LogP contribution < -0.4 is 5.32 Å². The maximum Gasteiger partial charge on any atom is 0.416 e. The van der Waals surface area contributed by atoms with Gasteiger partial charge in [0.05, 0.1) is 35.8 Å². The van der Waals surface area contributed by atoms with Crippen molar-refractivity contribution in [1.29, 1.82) is 0 Å². The zero-order valence-corrected chi connectivity index (χ0v) is 21.6. The molecule has 2 bridgehead atoms. The molecule has 3 fully saturated rings. The van der Waals surface area contributed by atoms with Gasteiger partial charge < -0.3 is 10.2 Å². The van der Waals surface area contributed by atoms with Crippen LogP contribution in [0, 0.1) is 24.2 Å². The van der Waals surface area contributed by atoms with Gasteiger partial charge in [0.2, 0.25) is 5.91 Å². The van der Waals surface area contributed by atoms with Crippen LogP contribution in [-0.4, -0.2) is 30.4 Å². The summed E-state index contributed by atoms with van der Waals surface area (Å²) < 4.78 is 42.5. The van der Waals surface area contributed by atoms with Gasteiger partial charge in [-0.15, -0.1) is 10.2 Å². The number of halogens is 3. The lowest BCUT2D eigenvalue weighted by Gasteiger charge is -2.66. The first-order valence-electron chi connectivity index (χ1n) is 12.9. The number of nitrogens with one attached hydrogen (secondary N) is 1. The molecule has 37 heavy (non-hydrogen) atoms. The Hall–Kier alpha value is -3.17. The molecule has 0 radical (unpaired) electrons. The van der Waals surface area contributed by atoms with Crippen molar-refractivity contribution in [2.24, 2.45) is 17.3 Å². The van der Waals surface area contributed by atoms with Gasteiger partial charge in [-0.3, -0.25) is 9.20 Å². The van der Waals surface area contributed by atoms with Crippen molar-refractivity contribution in [2.45, 2.75) is 78.7 Å². The highest BCUT2D eigenvalue weighted by atomic mass is 19.4. The van der Waals surface area contributed by atoms with Crippen LogP contribution >= 0.6 is 0 Å². The molecule has 1 aromatic carbocycles. The van der Waals surface area contributed by atoms with Crippen LogP contribution in [0.1, 0.15) is 86.3 Å². The second-order valence-corrected chi connectivity index (χ2v) is 11.4. The summed E-state index contributed by atoms with van der Waals surface area (Å²) in [5, 5.41) is 12.0. The van der Waals surface area contributed by atoms with E-state index in [2.05, 4.69) is 22.4 Å². The Morgan fingerprint density at radius 3 is 2.49 bits per heavy atom. The van der Waals surface area contributed by atoms with Crippen LogP contribution in [0.15, 0.2) is 18.2 Å². The van der Waals surface area contributed by atoms with E-state index in [1.807, 2.05) is 30.1 Å². The molecular formula is C27H31F3N6O. The van der Waals surface area contributed by atoms with Crippen LogP contribution in [-0.2, 0) is 24.1 Å². The Morgan fingerprint density at radius 1 is 1.16 bits per heavy atom. The minimum Gasteiger partial charge on any atom is -0.363 e. The molecule has 3 saturated carbocycles. The first-order chi connectivity index (χ1) is 17.4. The number of fused-ring (bicyclic) bond motifs is 3. The number of rotatable bonds is 5. The lowest BCUT2D eigenvalue weighted by molar-refractivity contribution is -0.205. The summed E-state index contributed by atoms with van der Waals surface area (Å²) in [6.45, 7) is 10.4. The summed E-state index contributed by atoms with van der Waals surface area (Å²) in [6.07, 6.45) is -2.49. The third-order valence-electron chi connectivity index (χ3n) is 9.04. The molecule has 7 rings (SSSR count). The smallest absolute Gasteiger partial charge is 0.363 e. The number of carbonyl (C=O) groups excluding carboxylic acids is 1. The molecule has 2 aromatic heterocycles. The number of hydrogen-bond acceptors (Lipinski definition) is 5. The Morgan fingerprint density at radius 2 is 1.89 bits per heavy atom. The van der Waals surface area contributed by atoms with E-state index >= 15 is 0 Å². The molecule has 3 aliphatic carbocycles. The molecule has 1 N–H and O–H groups in total. The minimum atomic E-state index is -4.42. The third kappa shape index (κ3) is 3.40. The van der Waals surface area contributed by atoms with Gasteiger partial charge in [-0.2, -0.15) is 18.2 Å². The van der Waals surface area contributed by atoms with Gasteiger partial charge in [0, 0.05) is 11.5 Å². The summed E-state index contributed by atoms with van der Waals surface area (Å²) in [5.74, 6) is 3.13. The maximum atomic E-state index is 13.6. The first kappa shape index (κ1) is 24.2. The van der Waals surface area contributed by atoms with Gasteiger partial charge in [0.15, 0.2) is 0 Å². The van der Waals surface area contributed by atoms with E-state index in [0.717, 1.165) is 36.0 Å². The largest absolute Gasteiger partial charge is 0.416 e. The van der Waals surface area contributed by atoms with E-state index in [-0.39, 0.29) is 22.8 Å². The summed E-state index contributed by atoms with van der Waals surface area (Å²) in [5.41, 5.74) is 1.65. The molecule has 1 aliphatic heterocycles. The van der Waals surface area contributed by atoms with Gasteiger partial charge in [0.25, 0.3) is 5.78 Å². The topological polar surface area (TPSA) is 75.4 Å². The van der Waals surface area contributed by atoms with E-state index < -0.39 is 17.8 Å². The summed E-state index contributed by atoms with van der Waals surface area (Å²) >= 11 is 0. The minimum absolute atomic E-state index is 0.105. The van der Waals surface area contributed by atoms with Crippen molar-refractivity contribution in [3.8, 4) is 0 Å². The summed E-state index contributed by atoms with van der Waals surface area (Å²) in [7, 11) is 0. The average molecular weight is 513 g/mol. The van der Waals surface area contributed by atoms with Gasteiger partial charge in [-0.1, -0.05) is 32.9 Å². The van der Waals surface area contributed by atoms with Crippen molar-refractivity contribution in [1.82, 2.24) is 24.5 Å². The first-order valence-corrected chi connectivity index (χ1v) is 12.9. The fraction of sp³-hybridized carbons (Fsp3) is 0.556. The monoisotopic (exact) mass is 512 g/mol. The van der Waals surface area contributed by atoms with E-state index in [1.54, 1.807) is 6.07 Å². The molecule has 3 aromatic rings. The lowest BCUT2D eigenvalue weighted by Crippen LogP contribution is -2.66. The van der Waals surface area contributed by atoms with Crippen LogP contribution in [0.5, 0.6) is 0 Å². The van der Waals surface area contributed by atoms with Crippen molar-refractivity contribution in [3.63, 3.8) is 0 Å². The quantitative estimate of drug-likeness (QED) is 0.479.